The molecule has 108 valence electrons. The van der Waals surface area contributed by atoms with Crippen LogP contribution in [-0.4, -0.2) is 29.5 Å². The Bertz CT molecular complexity index is 758. The first-order valence-electron chi connectivity index (χ1n) is 5.65. The molecule has 0 aliphatic rings. The third kappa shape index (κ3) is 4.01. The highest BCUT2D eigenvalue weighted by Gasteiger charge is 2.09. The smallest absolute Gasteiger partial charge is 0.397 e. The van der Waals surface area contributed by atoms with Crippen molar-refractivity contribution in [1.82, 2.24) is 0 Å². The number of benzene rings is 2. The minimum atomic E-state index is -4.49. The Kier molecular flexibility index (Phi) is 4.39. The standard InChI is InChI=1S/C12H13NO5S2/c13-11-3-1-10-8-12(4-2-9(10)7-11)19(14)6-5-18-20(15,16)17/h1-4,7-8H,5-6,13H2,(H,15,16,17). The molecule has 0 heterocycles. The van der Waals surface area contributed by atoms with Gasteiger partial charge in [-0.25, -0.2) is 4.18 Å². The van der Waals surface area contributed by atoms with Crippen LogP contribution in [0.3, 0.4) is 0 Å². The fourth-order valence-electron chi connectivity index (χ4n) is 1.72. The summed E-state index contributed by atoms with van der Waals surface area (Å²) < 4.78 is 45.3. The van der Waals surface area contributed by atoms with Gasteiger partial charge in [-0.2, -0.15) is 8.42 Å². The molecule has 2 rings (SSSR count). The predicted molar refractivity (Wildman–Crippen MR) is 77.1 cm³/mol. The molecule has 20 heavy (non-hydrogen) atoms. The molecule has 2 aromatic rings. The van der Waals surface area contributed by atoms with Crippen LogP contribution in [0.1, 0.15) is 0 Å². The summed E-state index contributed by atoms with van der Waals surface area (Å²) in [5.41, 5.74) is 6.32. The fourth-order valence-corrected chi connectivity index (χ4v) is 3.06. The highest BCUT2D eigenvalue weighted by atomic mass is 32.3. The molecule has 8 heteroatoms. The molecule has 2 aromatic carbocycles. The van der Waals surface area contributed by atoms with Crippen LogP contribution in [0.15, 0.2) is 41.3 Å². The van der Waals surface area contributed by atoms with Crippen LogP contribution in [-0.2, 0) is 25.4 Å². The van der Waals surface area contributed by atoms with Crippen LogP contribution in [0.25, 0.3) is 10.8 Å². The molecule has 0 aromatic heterocycles. The third-order valence-electron chi connectivity index (χ3n) is 2.60. The molecule has 1 unspecified atom stereocenters. The first-order valence-corrected chi connectivity index (χ1v) is 8.33. The number of hydrogen-bond donors (Lipinski definition) is 2. The Morgan fingerprint density at radius 2 is 1.80 bits per heavy atom. The largest absolute Gasteiger partial charge is 0.399 e. The van der Waals surface area contributed by atoms with Crippen LogP contribution < -0.4 is 5.73 Å². The summed E-state index contributed by atoms with van der Waals surface area (Å²) >= 11 is 0. The van der Waals surface area contributed by atoms with Gasteiger partial charge in [0.15, 0.2) is 0 Å². The number of rotatable bonds is 5. The second-order valence-corrected chi connectivity index (χ2v) is 6.73. The van der Waals surface area contributed by atoms with E-state index in [-0.39, 0.29) is 12.4 Å². The lowest BCUT2D eigenvalue weighted by molar-refractivity contribution is 0.284. The maximum absolute atomic E-state index is 12.0. The van der Waals surface area contributed by atoms with Gasteiger partial charge in [-0.3, -0.25) is 8.76 Å². The van der Waals surface area contributed by atoms with Crippen LogP contribution in [0.2, 0.25) is 0 Å². The summed E-state index contributed by atoms with van der Waals surface area (Å²) in [6.07, 6.45) is 0. The normalized spacial score (nSPS) is 13.4. The second kappa shape index (κ2) is 5.88. The Labute approximate surface area is 119 Å². The minimum Gasteiger partial charge on any atom is -0.399 e. The van der Waals surface area contributed by atoms with Gasteiger partial charge >= 0.3 is 10.4 Å². The van der Waals surface area contributed by atoms with Crippen LogP contribution >= 0.6 is 0 Å². The molecule has 0 bridgehead atoms. The number of fused-ring (bicyclic) bond motifs is 1. The van der Waals surface area contributed by atoms with Crippen molar-refractivity contribution in [3.8, 4) is 0 Å². The van der Waals surface area contributed by atoms with Gasteiger partial charge in [0.2, 0.25) is 0 Å². The van der Waals surface area contributed by atoms with E-state index in [1.807, 2.05) is 12.1 Å². The topological polar surface area (TPSA) is 107 Å². The average Bonchev–Trinajstić information content (AvgIpc) is 2.36. The molecular formula is C12H13NO5S2. The second-order valence-electron chi connectivity index (χ2n) is 4.07. The van der Waals surface area contributed by atoms with Gasteiger partial charge < -0.3 is 5.73 Å². The molecule has 0 saturated carbocycles. The van der Waals surface area contributed by atoms with Crippen molar-refractivity contribution in [1.29, 1.82) is 0 Å². The Hall–Kier alpha value is -1.48. The fraction of sp³-hybridized carbons (Fsp3) is 0.167. The molecule has 1 atom stereocenters. The zero-order chi connectivity index (χ0) is 14.8. The first kappa shape index (κ1) is 14.9. The zero-order valence-electron chi connectivity index (χ0n) is 10.4. The summed E-state index contributed by atoms with van der Waals surface area (Å²) in [4.78, 5) is 0.557. The lowest BCUT2D eigenvalue weighted by Crippen LogP contribution is -2.11. The Morgan fingerprint density at radius 3 is 2.50 bits per heavy atom. The maximum atomic E-state index is 12.0. The van der Waals surface area contributed by atoms with E-state index in [1.54, 1.807) is 24.3 Å². The van der Waals surface area contributed by atoms with Crippen LogP contribution in [0, 0.1) is 0 Å². The van der Waals surface area contributed by atoms with E-state index in [0.29, 0.717) is 10.6 Å². The monoisotopic (exact) mass is 315 g/mol. The van der Waals surface area contributed by atoms with Gasteiger partial charge in [0.05, 0.1) is 23.2 Å². The highest BCUT2D eigenvalue weighted by molar-refractivity contribution is 7.85. The van der Waals surface area contributed by atoms with Gasteiger partial charge in [0.25, 0.3) is 0 Å². The lowest BCUT2D eigenvalue weighted by atomic mass is 10.1. The van der Waals surface area contributed by atoms with Crippen molar-refractivity contribution in [3.63, 3.8) is 0 Å². The molecule has 0 fully saturated rings. The van der Waals surface area contributed by atoms with Gasteiger partial charge in [-0.1, -0.05) is 12.1 Å². The van der Waals surface area contributed by atoms with E-state index in [1.165, 1.54) is 0 Å². The van der Waals surface area contributed by atoms with Gasteiger partial charge in [0.1, 0.15) is 0 Å². The third-order valence-corrected chi connectivity index (χ3v) is 4.38. The Balaban J connectivity index is 2.12. The summed E-state index contributed by atoms with van der Waals surface area (Å²) in [5.74, 6) is -0.0275. The first-order chi connectivity index (χ1) is 9.35. The summed E-state index contributed by atoms with van der Waals surface area (Å²) in [6, 6.07) is 10.6. The van der Waals surface area contributed by atoms with Crippen molar-refractivity contribution in [2.75, 3.05) is 18.1 Å². The van der Waals surface area contributed by atoms with Crippen molar-refractivity contribution >= 4 is 37.7 Å². The van der Waals surface area contributed by atoms with Crippen molar-refractivity contribution in [3.05, 3.63) is 36.4 Å². The average molecular weight is 315 g/mol. The van der Waals surface area contributed by atoms with Crippen LogP contribution in [0.5, 0.6) is 0 Å². The van der Waals surface area contributed by atoms with E-state index in [9.17, 15) is 12.6 Å². The molecule has 0 aliphatic carbocycles. The predicted octanol–water partition coefficient (Wildman–Crippen LogP) is 1.35. The SMILES string of the molecule is Nc1ccc2cc(S(=O)CCOS(=O)(=O)O)ccc2c1. The van der Waals surface area contributed by atoms with E-state index < -0.39 is 21.2 Å². The quantitative estimate of drug-likeness (QED) is 0.637. The molecule has 0 aliphatic heterocycles. The molecule has 6 nitrogen and oxygen atoms in total. The number of nitrogen functional groups attached to an aromatic ring is 1. The van der Waals surface area contributed by atoms with Crippen molar-refractivity contribution in [2.45, 2.75) is 4.90 Å². The van der Waals surface area contributed by atoms with Gasteiger partial charge in [0, 0.05) is 10.6 Å². The molecule has 0 saturated heterocycles. The lowest BCUT2D eigenvalue weighted by Gasteiger charge is -2.05. The van der Waals surface area contributed by atoms with Gasteiger partial charge in [-0.15, -0.1) is 0 Å². The van der Waals surface area contributed by atoms with E-state index in [0.717, 1.165) is 10.8 Å². The van der Waals surface area contributed by atoms with E-state index in [2.05, 4.69) is 4.18 Å². The van der Waals surface area contributed by atoms with Gasteiger partial charge in [-0.05, 0) is 35.0 Å². The van der Waals surface area contributed by atoms with Crippen molar-refractivity contribution < 1.29 is 21.4 Å². The van der Waals surface area contributed by atoms with E-state index in [4.69, 9.17) is 10.3 Å². The molecule has 3 N–H and O–H groups in total. The van der Waals surface area contributed by atoms with Crippen molar-refractivity contribution in [2.24, 2.45) is 0 Å². The van der Waals surface area contributed by atoms with E-state index >= 15 is 0 Å². The number of hydrogen-bond acceptors (Lipinski definition) is 5. The molecule has 0 radical (unpaired) electrons. The molecule has 0 spiro atoms. The zero-order valence-corrected chi connectivity index (χ0v) is 12.0. The number of nitrogens with two attached hydrogens (primary N) is 1. The maximum Gasteiger partial charge on any atom is 0.397 e. The minimum absolute atomic E-state index is 0.0275. The molecule has 0 amide bonds. The molecular weight excluding hydrogens is 302 g/mol. The Morgan fingerprint density at radius 1 is 1.15 bits per heavy atom. The van der Waals surface area contributed by atoms with Crippen LogP contribution in [0.4, 0.5) is 5.69 Å². The summed E-state index contributed by atoms with van der Waals surface area (Å²) in [5, 5.41) is 1.82. The summed E-state index contributed by atoms with van der Waals surface area (Å²) in [6.45, 7) is -0.342. The summed E-state index contributed by atoms with van der Waals surface area (Å²) in [7, 11) is -5.90. The highest BCUT2D eigenvalue weighted by Crippen LogP contribution is 2.20. The number of anilines is 1.